The van der Waals surface area contributed by atoms with Crippen molar-refractivity contribution in [1.29, 1.82) is 0 Å². The Balaban J connectivity index is 2.02. The Morgan fingerprint density at radius 1 is 1.23 bits per heavy atom. The highest BCUT2D eigenvalue weighted by Crippen LogP contribution is 2.22. The number of benzene rings is 1. The molecule has 22 heavy (non-hydrogen) atoms. The zero-order valence-electron chi connectivity index (χ0n) is 13.1. The van der Waals surface area contributed by atoms with Crippen LogP contribution in [-0.4, -0.2) is 11.5 Å². The molecular formula is C17H20ClNO3. The van der Waals surface area contributed by atoms with Gasteiger partial charge in [0.15, 0.2) is 5.60 Å². The number of ether oxygens (including phenoxy) is 1. The standard InChI is InChI=1S/C17H20ClNO3/c1-11-5-10-15(21-11)12(2)19-16(20)17(3,4)22-14-8-6-13(18)7-9-14/h5-10,12H,1-4H3,(H,19,20). The molecule has 0 spiro atoms. The fourth-order valence-corrected chi connectivity index (χ4v) is 2.10. The molecule has 1 amide bonds. The van der Waals surface area contributed by atoms with Crippen molar-refractivity contribution in [1.82, 2.24) is 5.32 Å². The summed E-state index contributed by atoms with van der Waals surface area (Å²) < 4.78 is 11.3. The highest BCUT2D eigenvalue weighted by Gasteiger charge is 2.31. The maximum Gasteiger partial charge on any atom is 0.264 e. The van der Waals surface area contributed by atoms with Crippen LogP contribution in [-0.2, 0) is 4.79 Å². The minimum Gasteiger partial charge on any atom is -0.478 e. The van der Waals surface area contributed by atoms with Crippen LogP contribution in [0.15, 0.2) is 40.8 Å². The zero-order chi connectivity index (χ0) is 16.3. The average Bonchev–Trinajstić information content (AvgIpc) is 2.88. The van der Waals surface area contributed by atoms with Gasteiger partial charge in [-0.2, -0.15) is 0 Å². The lowest BCUT2D eigenvalue weighted by Gasteiger charge is -2.26. The molecule has 1 atom stereocenters. The Labute approximate surface area is 135 Å². The number of amides is 1. The normalized spacial score (nSPS) is 12.8. The fourth-order valence-electron chi connectivity index (χ4n) is 1.97. The van der Waals surface area contributed by atoms with Gasteiger partial charge in [-0.15, -0.1) is 0 Å². The lowest BCUT2D eigenvalue weighted by molar-refractivity contribution is -0.135. The zero-order valence-corrected chi connectivity index (χ0v) is 13.9. The van der Waals surface area contributed by atoms with Gasteiger partial charge < -0.3 is 14.5 Å². The quantitative estimate of drug-likeness (QED) is 0.894. The van der Waals surface area contributed by atoms with Crippen molar-refractivity contribution >= 4 is 17.5 Å². The molecule has 0 saturated heterocycles. The Morgan fingerprint density at radius 2 is 1.86 bits per heavy atom. The lowest BCUT2D eigenvalue weighted by atomic mass is 10.1. The van der Waals surface area contributed by atoms with E-state index in [0.717, 1.165) is 5.76 Å². The number of nitrogens with one attached hydrogen (secondary N) is 1. The summed E-state index contributed by atoms with van der Waals surface area (Å²) in [5, 5.41) is 3.52. The first-order valence-corrected chi connectivity index (χ1v) is 7.47. The third kappa shape index (κ3) is 4.04. The van der Waals surface area contributed by atoms with Crippen molar-refractivity contribution in [2.75, 3.05) is 0 Å². The minimum absolute atomic E-state index is 0.219. The van der Waals surface area contributed by atoms with E-state index < -0.39 is 5.60 Å². The van der Waals surface area contributed by atoms with E-state index in [-0.39, 0.29) is 11.9 Å². The monoisotopic (exact) mass is 321 g/mol. The van der Waals surface area contributed by atoms with Gasteiger partial charge in [0.25, 0.3) is 5.91 Å². The van der Waals surface area contributed by atoms with Crippen molar-refractivity contribution < 1.29 is 13.9 Å². The first-order chi connectivity index (χ1) is 10.3. The highest BCUT2D eigenvalue weighted by molar-refractivity contribution is 6.30. The molecule has 0 fully saturated rings. The second-order valence-electron chi connectivity index (χ2n) is 5.71. The van der Waals surface area contributed by atoms with E-state index in [4.69, 9.17) is 20.8 Å². The summed E-state index contributed by atoms with van der Waals surface area (Å²) in [4.78, 5) is 12.4. The van der Waals surface area contributed by atoms with E-state index in [2.05, 4.69) is 5.32 Å². The van der Waals surface area contributed by atoms with Crippen LogP contribution >= 0.6 is 11.6 Å². The van der Waals surface area contributed by atoms with E-state index in [1.807, 2.05) is 26.0 Å². The number of halogens is 1. The Morgan fingerprint density at radius 3 is 2.41 bits per heavy atom. The maximum atomic E-state index is 12.4. The van der Waals surface area contributed by atoms with Crippen molar-refractivity contribution in [3.63, 3.8) is 0 Å². The first-order valence-electron chi connectivity index (χ1n) is 7.10. The third-order valence-electron chi connectivity index (χ3n) is 3.27. The molecule has 5 heteroatoms. The molecule has 1 unspecified atom stereocenters. The maximum absolute atomic E-state index is 12.4. The van der Waals surface area contributed by atoms with Crippen LogP contribution in [0.5, 0.6) is 5.75 Å². The molecule has 1 aromatic heterocycles. The van der Waals surface area contributed by atoms with Crippen LogP contribution in [0, 0.1) is 6.92 Å². The van der Waals surface area contributed by atoms with Crippen molar-refractivity contribution in [3.8, 4) is 5.75 Å². The van der Waals surface area contributed by atoms with Gasteiger partial charge in [0, 0.05) is 5.02 Å². The second kappa shape index (κ2) is 6.44. The lowest BCUT2D eigenvalue weighted by Crippen LogP contribution is -2.47. The Hall–Kier alpha value is -1.94. The summed E-state index contributed by atoms with van der Waals surface area (Å²) in [6.07, 6.45) is 0. The molecule has 0 aliphatic heterocycles. The minimum atomic E-state index is -1.01. The molecule has 4 nitrogen and oxygen atoms in total. The number of hydrogen-bond donors (Lipinski definition) is 1. The predicted octanol–water partition coefficient (Wildman–Crippen LogP) is 4.28. The molecular weight excluding hydrogens is 302 g/mol. The molecule has 1 N–H and O–H groups in total. The van der Waals surface area contributed by atoms with E-state index in [1.165, 1.54) is 0 Å². The summed E-state index contributed by atoms with van der Waals surface area (Å²) in [5.41, 5.74) is -1.01. The van der Waals surface area contributed by atoms with Crippen LogP contribution in [0.3, 0.4) is 0 Å². The summed E-state index contributed by atoms with van der Waals surface area (Å²) in [7, 11) is 0. The molecule has 118 valence electrons. The topological polar surface area (TPSA) is 51.5 Å². The molecule has 0 aliphatic rings. The SMILES string of the molecule is Cc1ccc(C(C)NC(=O)C(C)(C)Oc2ccc(Cl)cc2)o1. The van der Waals surface area contributed by atoms with Crippen LogP contribution < -0.4 is 10.1 Å². The molecule has 0 aliphatic carbocycles. The number of aryl methyl sites for hydroxylation is 1. The predicted molar refractivity (Wildman–Crippen MR) is 86.2 cm³/mol. The molecule has 2 rings (SSSR count). The van der Waals surface area contributed by atoms with Crippen LogP contribution in [0.25, 0.3) is 0 Å². The molecule has 1 aromatic carbocycles. The van der Waals surface area contributed by atoms with Gasteiger partial charge in [0.05, 0.1) is 6.04 Å². The van der Waals surface area contributed by atoms with Crippen molar-refractivity contribution in [2.24, 2.45) is 0 Å². The Kier molecular flexibility index (Phi) is 4.81. The van der Waals surface area contributed by atoms with Gasteiger partial charge in [-0.1, -0.05) is 11.6 Å². The Bertz CT molecular complexity index is 646. The van der Waals surface area contributed by atoms with Gasteiger partial charge in [-0.05, 0) is 64.1 Å². The number of rotatable bonds is 5. The van der Waals surface area contributed by atoms with Gasteiger partial charge in [-0.25, -0.2) is 0 Å². The van der Waals surface area contributed by atoms with E-state index in [1.54, 1.807) is 38.1 Å². The smallest absolute Gasteiger partial charge is 0.264 e. The summed E-state index contributed by atoms with van der Waals surface area (Å²) in [6, 6.07) is 10.4. The van der Waals surface area contributed by atoms with Crippen LogP contribution in [0.2, 0.25) is 5.02 Å². The number of furan rings is 1. The second-order valence-corrected chi connectivity index (χ2v) is 6.15. The van der Waals surface area contributed by atoms with E-state index in [9.17, 15) is 4.79 Å². The summed E-state index contributed by atoms with van der Waals surface area (Å²) in [5.74, 6) is 1.90. The highest BCUT2D eigenvalue weighted by atomic mass is 35.5. The molecule has 0 radical (unpaired) electrons. The molecule has 2 aromatic rings. The van der Waals surface area contributed by atoms with Crippen LogP contribution in [0.4, 0.5) is 0 Å². The van der Waals surface area contributed by atoms with Gasteiger partial charge in [0.2, 0.25) is 0 Å². The largest absolute Gasteiger partial charge is 0.478 e. The van der Waals surface area contributed by atoms with E-state index in [0.29, 0.717) is 16.5 Å². The summed E-state index contributed by atoms with van der Waals surface area (Å²) in [6.45, 7) is 7.17. The van der Waals surface area contributed by atoms with Crippen molar-refractivity contribution in [2.45, 2.75) is 39.3 Å². The van der Waals surface area contributed by atoms with Crippen molar-refractivity contribution in [3.05, 3.63) is 52.9 Å². The first kappa shape index (κ1) is 16.4. The van der Waals surface area contributed by atoms with Crippen LogP contribution in [0.1, 0.15) is 38.3 Å². The third-order valence-corrected chi connectivity index (χ3v) is 3.52. The molecule has 1 heterocycles. The number of hydrogen-bond acceptors (Lipinski definition) is 3. The van der Waals surface area contributed by atoms with Gasteiger partial charge in [0.1, 0.15) is 17.3 Å². The van der Waals surface area contributed by atoms with E-state index >= 15 is 0 Å². The average molecular weight is 322 g/mol. The molecule has 0 bridgehead atoms. The number of carbonyl (C=O) groups excluding carboxylic acids is 1. The summed E-state index contributed by atoms with van der Waals surface area (Å²) >= 11 is 5.84. The fraction of sp³-hybridized carbons (Fsp3) is 0.353. The van der Waals surface area contributed by atoms with Gasteiger partial charge in [-0.3, -0.25) is 4.79 Å². The molecule has 0 saturated carbocycles. The van der Waals surface area contributed by atoms with Gasteiger partial charge >= 0.3 is 0 Å². The number of carbonyl (C=O) groups is 1.